The first-order chi connectivity index (χ1) is 20.8. The van der Waals surface area contributed by atoms with Crippen LogP contribution in [0.4, 0.5) is 0 Å². The van der Waals surface area contributed by atoms with Gasteiger partial charge in [-0.05, 0) is 98.7 Å². The Kier molecular flexibility index (Phi) is 8.87. The zero-order chi connectivity index (χ0) is 28.2. The third-order valence-electron chi connectivity index (χ3n) is 13.8. The molecule has 0 spiro atoms. The molecule has 5 heterocycles. The van der Waals surface area contributed by atoms with E-state index in [9.17, 15) is 0 Å². The summed E-state index contributed by atoms with van der Waals surface area (Å²) in [6, 6.07) is 0. The van der Waals surface area contributed by atoms with Crippen LogP contribution in [0, 0.1) is 47.3 Å². The molecule has 4 saturated carbocycles. The van der Waals surface area contributed by atoms with E-state index in [-0.39, 0.29) is 0 Å². The fraction of sp³-hybridized carbons (Fsp3) is 1.00. The number of fused-ring (bicyclic) bond motifs is 20. The average molecular weight is 597 g/mol. The molecule has 0 aromatic carbocycles. The van der Waals surface area contributed by atoms with Crippen molar-refractivity contribution in [3.05, 3.63) is 0 Å². The summed E-state index contributed by atoms with van der Waals surface area (Å²) >= 11 is 0.611. The van der Waals surface area contributed by atoms with E-state index in [0.29, 0.717) is 65.6 Å². The summed E-state index contributed by atoms with van der Waals surface area (Å²) in [5.74, 6) is 5.97. The molecule has 0 aromatic heterocycles. The quantitative estimate of drug-likeness (QED) is 0.199. The van der Waals surface area contributed by atoms with E-state index in [4.69, 9.17) is 3.80 Å². The van der Waals surface area contributed by atoms with Gasteiger partial charge < -0.3 is 0 Å². The zero-order valence-electron chi connectivity index (χ0n) is 25.7. The Bertz CT molecular complexity index is 738. The molecule has 4 aliphatic carbocycles. The van der Waals surface area contributed by atoms with Crippen LogP contribution >= 0.6 is 0 Å². The van der Waals surface area contributed by atoms with Gasteiger partial charge in [0, 0.05) is 0 Å². The number of rotatable bonds is 0. The van der Waals surface area contributed by atoms with Crippen molar-refractivity contribution in [2.24, 2.45) is 47.3 Å². The normalized spacial score (nSPS) is 54.9. The van der Waals surface area contributed by atoms with E-state index in [1.54, 1.807) is 0 Å². The molecule has 42 heavy (non-hydrogen) atoms. The summed E-state index contributed by atoms with van der Waals surface area (Å²) in [6.07, 6.45) is 25.6. The van der Waals surface area contributed by atoms with Crippen LogP contribution in [-0.2, 0) is 3.80 Å². The second kappa shape index (κ2) is 12.7. The van der Waals surface area contributed by atoms with Crippen LogP contribution in [0.5, 0.6) is 0 Å². The minimum atomic E-state index is 0.420. The molecule has 234 valence electrons. The van der Waals surface area contributed by atoms with E-state index in [1.807, 2.05) is 0 Å². The third kappa shape index (κ3) is 5.22. The second-order valence-corrected chi connectivity index (χ2v) is 15.6. The van der Waals surface area contributed by atoms with Crippen LogP contribution in [0.1, 0.15) is 103 Å². The molecule has 9 fully saturated rings. The van der Waals surface area contributed by atoms with Crippen molar-refractivity contribution in [3.63, 3.8) is 0 Å². The van der Waals surface area contributed by atoms with Crippen LogP contribution in [0.2, 0.25) is 0 Å². The summed E-state index contributed by atoms with van der Waals surface area (Å²) in [4.78, 5) is 0. The van der Waals surface area contributed by atoms with Gasteiger partial charge in [-0.3, -0.25) is 42.5 Å². The Hall–Kier alpha value is 0.0125. The van der Waals surface area contributed by atoms with E-state index in [2.05, 4.69) is 42.5 Å². The van der Waals surface area contributed by atoms with Gasteiger partial charge in [-0.25, -0.2) is 0 Å². The van der Waals surface area contributed by atoms with Gasteiger partial charge in [0.15, 0.2) is 0 Å². The Morgan fingerprint density at radius 2 is 0.381 bits per heavy atom. The van der Waals surface area contributed by atoms with Crippen LogP contribution in [0.25, 0.3) is 0 Å². The molecule has 10 heteroatoms. The number of hydrogen-bond donors (Lipinski definition) is 8. The van der Waals surface area contributed by atoms with E-state index >= 15 is 0 Å². The van der Waals surface area contributed by atoms with Crippen LogP contribution in [0.3, 0.4) is 0 Å². The maximum absolute atomic E-state index is 8.28. The third-order valence-corrected chi connectivity index (χ3v) is 13.8. The Morgan fingerprint density at radius 3 is 0.500 bits per heavy atom. The van der Waals surface area contributed by atoms with Gasteiger partial charge in [0.25, 0.3) is 0 Å². The van der Waals surface area contributed by atoms with Crippen molar-refractivity contribution in [3.8, 4) is 0 Å². The Labute approximate surface area is 261 Å². The minimum absolute atomic E-state index is 0.420. The van der Waals surface area contributed by atoms with Crippen molar-refractivity contribution < 1.29 is 3.80 Å². The van der Waals surface area contributed by atoms with Crippen LogP contribution in [-0.4, -0.2) is 65.6 Å². The standard InChI is InChI=1S/C32H56N8.Al.O.H/c1-2-10-18-17(9-1)25-33-26(18)38-28-21-13-5-6-14-22(21)30(35-28)40-32-24-16-8-7-15-23(24)31(36-32)39-29-20-12-4-3-11-19(20)27(34-29)37-25;;;/h17-40H,1-16H2;;;. The topological polar surface area (TPSA) is 113 Å². The number of nitrogens with one attached hydrogen (secondary N) is 8. The van der Waals surface area contributed by atoms with Crippen molar-refractivity contribution in [2.45, 2.75) is 152 Å². The van der Waals surface area contributed by atoms with Crippen molar-refractivity contribution >= 4 is 16.2 Å². The molecule has 8 N–H and O–H groups in total. The van der Waals surface area contributed by atoms with Crippen molar-refractivity contribution in [1.82, 2.24) is 42.5 Å². The molecule has 9 rings (SSSR count). The molecule has 5 aliphatic heterocycles. The van der Waals surface area contributed by atoms with Gasteiger partial charge in [-0.1, -0.05) is 51.4 Å². The molecule has 8 bridgehead atoms. The average Bonchev–Trinajstić information content (AvgIpc) is 3.78. The summed E-state index contributed by atoms with van der Waals surface area (Å²) < 4.78 is 8.28. The summed E-state index contributed by atoms with van der Waals surface area (Å²) in [6.45, 7) is 0. The SMILES string of the molecule is C1CCC2C3NC(NC4NC(NC5NC(NC6NC(N3)C3CCCCC63)C3CCCCC53)C3CCCCC43)C2C1.[O]=[AlH]. The van der Waals surface area contributed by atoms with Crippen molar-refractivity contribution in [2.75, 3.05) is 0 Å². The van der Waals surface area contributed by atoms with Crippen LogP contribution < -0.4 is 42.5 Å². The number of hydrogen-bond acceptors (Lipinski definition) is 9. The van der Waals surface area contributed by atoms with Gasteiger partial charge in [-0.2, -0.15) is 0 Å². The summed E-state index contributed by atoms with van der Waals surface area (Å²) in [5.41, 5.74) is 0. The van der Waals surface area contributed by atoms with Gasteiger partial charge in [0.1, 0.15) is 0 Å². The van der Waals surface area contributed by atoms with Gasteiger partial charge in [0.2, 0.25) is 0 Å². The molecule has 5 saturated heterocycles. The first-order valence-electron chi connectivity index (χ1n) is 18.2. The molecule has 0 radical (unpaired) electrons. The molecular weight excluding hydrogens is 539 g/mol. The maximum atomic E-state index is 8.28. The van der Waals surface area contributed by atoms with Crippen molar-refractivity contribution in [1.29, 1.82) is 0 Å². The molecule has 0 amide bonds. The Balaban J connectivity index is 0.00000131. The monoisotopic (exact) mass is 596 g/mol. The zero-order valence-corrected chi connectivity index (χ0v) is 27.1. The molecule has 8 atom stereocenters. The molecule has 0 aromatic rings. The van der Waals surface area contributed by atoms with E-state index in [1.165, 1.54) is 103 Å². The fourth-order valence-corrected chi connectivity index (χ4v) is 12.0. The Morgan fingerprint density at radius 1 is 0.262 bits per heavy atom. The van der Waals surface area contributed by atoms with E-state index < -0.39 is 0 Å². The van der Waals surface area contributed by atoms with Gasteiger partial charge in [-0.15, -0.1) is 0 Å². The molecule has 9 nitrogen and oxygen atoms in total. The van der Waals surface area contributed by atoms with E-state index in [0.717, 1.165) is 47.3 Å². The summed E-state index contributed by atoms with van der Waals surface area (Å²) in [7, 11) is 0. The predicted octanol–water partition coefficient (Wildman–Crippen LogP) is 1.84. The fourth-order valence-electron chi connectivity index (χ4n) is 12.0. The van der Waals surface area contributed by atoms with Gasteiger partial charge in [0.05, 0.1) is 49.3 Å². The van der Waals surface area contributed by atoms with Crippen LogP contribution in [0.15, 0.2) is 0 Å². The predicted molar refractivity (Wildman–Crippen MR) is 165 cm³/mol. The van der Waals surface area contributed by atoms with Gasteiger partial charge >= 0.3 is 20.0 Å². The first kappa shape index (κ1) is 29.4. The first-order valence-corrected chi connectivity index (χ1v) is 18.8. The molecular formula is C32H57AlN8O. The summed E-state index contributed by atoms with van der Waals surface area (Å²) in [5, 5.41) is 33.8. The molecule has 8 unspecified atom stereocenters. The molecule has 9 aliphatic rings. The second-order valence-electron chi connectivity index (χ2n) is 15.6.